The zero-order valence-corrected chi connectivity index (χ0v) is 9.51. The predicted molar refractivity (Wildman–Crippen MR) is 62.7 cm³/mol. The molecule has 0 atom stereocenters. The molecule has 0 aliphatic heterocycles. The highest BCUT2D eigenvalue weighted by Crippen LogP contribution is 2.17. The van der Waals surface area contributed by atoms with E-state index in [1.807, 2.05) is 13.1 Å². The van der Waals surface area contributed by atoms with E-state index in [4.69, 9.17) is 5.73 Å². The Balaban J connectivity index is 2.45. The second-order valence-corrected chi connectivity index (χ2v) is 3.67. The molecule has 5 heteroatoms. The number of hydrogen-bond donors (Lipinski definition) is 1. The quantitative estimate of drug-likeness (QED) is 0.848. The van der Waals surface area contributed by atoms with Crippen molar-refractivity contribution >= 4 is 5.82 Å². The van der Waals surface area contributed by atoms with Crippen molar-refractivity contribution in [1.29, 1.82) is 0 Å². The molecule has 0 aliphatic rings. The summed E-state index contributed by atoms with van der Waals surface area (Å²) in [6, 6.07) is 1.75. The first kappa shape index (κ1) is 10.6. The van der Waals surface area contributed by atoms with Crippen molar-refractivity contribution < 1.29 is 0 Å². The molecule has 2 rings (SSSR count). The van der Waals surface area contributed by atoms with E-state index in [2.05, 4.69) is 26.4 Å². The maximum Gasteiger partial charge on any atom is 0.158 e. The van der Waals surface area contributed by atoms with Crippen LogP contribution in [0.3, 0.4) is 0 Å². The third-order valence-electron chi connectivity index (χ3n) is 2.27. The second-order valence-electron chi connectivity index (χ2n) is 3.67. The first-order chi connectivity index (χ1) is 7.70. The number of nitrogens with two attached hydrogens (primary N) is 1. The van der Waals surface area contributed by atoms with Crippen LogP contribution in [0.2, 0.25) is 0 Å². The first-order valence-corrected chi connectivity index (χ1v) is 5.33. The predicted octanol–water partition coefficient (Wildman–Crippen LogP) is 1.64. The molecule has 0 unspecified atom stereocenters. The summed E-state index contributed by atoms with van der Waals surface area (Å²) in [7, 11) is 0. The van der Waals surface area contributed by atoms with Crippen LogP contribution in [0.25, 0.3) is 11.5 Å². The topological polar surface area (TPSA) is 69.6 Å². The maximum atomic E-state index is 5.70. The molecule has 5 nitrogen and oxygen atoms in total. The van der Waals surface area contributed by atoms with Gasteiger partial charge in [-0.2, -0.15) is 0 Å². The fourth-order valence-electron chi connectivity index (χ4n) is 1.67. The molecule has 2 aromatic rings. The normalized spacial score (nSPS) is 10.6. The highest BCUT2D eigenvalue weighted by molar-refractivity contribution is 5.54. The van der Waals surface area contributed by atoms with Crippen LogP contribution in [0.1, 0.15) is 19.2 Å². The molecule has 0 aromatic carbocycles. The number of nitrogen functional groups attached to an aromatic ring is 1. The molecular weight excluding hydrogens is 202 g/mol. The maximum absolute atomic E-state index is 5.70. The SMILES string of the molecule is CCCn1ccnc1-c1cc(N)nc(C)n1. The molecule has 16 heavy (non-hydrogen) atoms. The van der Waals surface area contributed by atoms with Gasteiger partial charge in [0.15, 0.2) is 5.82 Å². The van der Waals surface area contributed by atoms with Gasteiger partial charge < -0.3 is 10.3 Å². The van der Waals surface area contributed by atoms with Crippen LogP contribution in [0.4, 0.5) is 5.82 Å². The number of aryl methyl sites for hydroxylation is 2. The van der Waals surface area contributed by atoms with Gasteiger partial charge in [-0.25, -0.2) is 15.0 Å². The van der Waals surface area contributed by atoms with Crippen molar-refractivity contribution in [3.8, 4) is 11.5 Å². The van der Waals surface area contributed by atoms with Gasteiger partial charge in [-0.1, -0.05) is 6.92 Å². The molecule has 0 saturated heterocycles. The smallest absolute Gasteiger partial charge is 0.158 e. The number of aromatic nitrogens is 4. The summed E-state index contributed by atoms with van der Waals surface area (Å²) in [6.07, 6.45) is 4.79. The van der Waals surface area contributed by atoms with Crippen molar-refractivity contribution in [2.45, 2.75) is 26.8 Å². The fraction of sp³-hybridized carbons (Fsp3) is 0.364. The van der Waals surface area contributed by atoms with Gasteiger partial charge in [0.05, 0.1) is 0 Å². The van der Waals surface area contributed by atoms with Gasteiger partial charge in [0.25, 0.3) is 0 Å². The average molecular weight is 217 g/mol. The Morgan fingerprint density at radius 2 is 2.19 bits per heavy atom. The van der Waals surface area contributed by atoms with Crippen molar-refractivity contribution in [2.24, 2.45) is 0 Å². The van der Waals surface area contributed by atoms with Crippen molar-refractivity contribution in [3.05, 3.63) is 24.3 Å². The summed E-state index contributed by atoms with van der Waals surface area (Å²) in [5, 5.41) is 0. The van der Waals surface area contributed by atoms with E-state index in [0.29, 0.717) is 11.6 Å². The summed E-state index contributed by atoms with van der Waals surface area (Å²) in [5.41, 5.74) is 6.48. The lowest BCUT2D eigenvalue weighted by Crippen LogP contribution is -2.03. The molecule has 2 N–H and O–H groups in total. The van der Waals surface area contributed by atoms with Gasteiger partial charge in [0.1, 0.15) is 17.3 Å². The van der Waals surface area contributed by atoms with Crippen molar-refractivity contribution in [1.82, 2.24) is 19.5 Å². The molecule has 0 amide bonds. The number of hydrogen-bond acceptors (Lipinski definition) is 4. The summed E-state index contributed by atoms with van der Waals surface area (Å²) in [4.78, 5) is 12.7. The van der Waals surface area contributed by atoms with E-state index in [9.17, 15) is 0 Å². The van der Waals surface area contributed by atoms with E-state index >= 15 is 0 Å². The Morgan fingerprint density at radius 1 is 1.38 bits per heavy atom. The molecule has 84 valence electrons. The third kappa shape index (κ3) is 2.03. The number of imidazole rings is 1. The average Bonchev–Trinajstić information content (AvgIpc) is 2.65. The Kier molecular flexibility index (Phi) is 2.85. The lowest BCUT2D eigenvalue weighted by atomic mass is 10.3. The van der Waals surface area contributed by atoms with Gasteiger partial charge in [0.2, 0.25) is 0 Å². The Labute approximate surface area is 94.4 Å². The van der Waals surface area contributed by atoms with Gasteiger partial charge in [0, 0.05) is 25.0 Å². The van der Waals surface area contributed by atoms with Crippen molar-refractivity contribution in [2.75, 3.05) is 5.73 Å². The molecule has 0 aliphatic carbocycles. The van der Waals surface area contributed by atoms with Crippen LogP contribution in [0.5, 0.6) is 0 Å². The number of rotatable bonds is 3. The number of anilines is 1. The molecule has 0 spiro atoms. The molecule has 0 radical (unpaired) electrons. The molecule has 0 saturated carbocycles. The van der Waals surface area contributed by atoms with E-state index in [0.717, 1.165) is 24.5 Å². The molecule has 0 bridgehead atoms. The largest absolute Gasteiger partial charge is 0.384 e. The molecule has 2 aromatic heterocycles. The zero-order chi connectivity index (χ0) is 11.5. The molecule has 2 heterocycles. The lowest BCUT2D eigenvalue weighted by Gasteiger charge is -2.06. The minimum atomic E-state index is 0.480. The van der Waals surface area contributed by atoms with Crippen LogP contribution in [0, 0.1) is 6.92 Å². The van der Waals surface area contributed by atoms with E-state index < -0.39 is 0 Å². The Bertz CT molecular complexity index is 469. The van der Waals surface area contributed by atoms with Crippen LogP contribution >= 0.6 is 0 Å². The monoisotopic (exact) mass is 217 g/mol. The van der Waals surface area contributed by atoms with Crippen molar-refractivity contribution in [3.63, 3.8) is 0 Å². The molecule has 0 fully saturated rings. The van der Waals surface area contributed by atoms with E-state index in [1.54, 1.807) is 12.3 Å². The standard InChI is InChI=1S/C11H15N5/c1-3-5-16-6-4-13-11(16)9-7-10(12)15-8(2)14-9/h4,6-7H,3,5H2,1-2H3,(H2,12,14,15). The summed E-state index contributed by atoms with van der Waals surface area (Å²) < 4.78 is 2.07. The summed E-state index contributed by atoms with van der Waals surface area (Å²) in [6.45, 7) is 4.88. The van der Waals surface area contributed by atoms with E-state index in [1.165, 1.54) is 0 Å². The van der Waals surface area contributed by atoms with Gasteiger partial charge in [-0.3, -0.25) is 0 Å². The summed E-state index contributed by atoms with van der Waals surface area (Å²) >= 11 is 0. The first-order valence-electron chi connectivity index (χ1n) is 5.33. The molecular formula is C11H15N5. The van der Waals surface area contributed by atoms with E-state index in [-0.39, 0.29) is 0 Å². The van der Waals surface area contributed by atoms with Crippen LogP contribution < -0.4 is 5.73 Å². The fourth-order valence-corrected chi connectivity index (χ4v) is 1.67. The Morgan fingerprint density at radius 3 is 2.88 bits per heavy atom. The van der Waals surface area contributed by atoms with Crippen LogP contribution in [0.15, 0.2) is 18.5 Å². The number of nitrogens with zero attached hydrogens (tertiary/aromatic N) is 4. The van der Waals surface area contributed by atoms with Crippen LogP contribution in [-0.4, -0.2) is 19.5 Å². The van der Waals surface area contributed by atoms with Gasteiger partial charge >= 0.3 is 0 Å². The second kappa shape index (κ2) is 4.30. The third-order valence-corrected chi connectivity index (χ3v) is 2.27. The Hall–Kier alpha value is -1.91. The highest BCUT2D eigenvalue weighted by atomic mass is 15.1. The summed E-state index contributed by atoms with van der Waals surface area (Å²) in [5.74, 6) is 1.99. The van der Waals surface area contributed by atoms with Gasteiger partial charge in [-0.15, -0.1) is 0 Å². The highest BCUT2D eigenvalue weighted by Gasteiger charge is 2.08. The minimum Gasteiger partial charge on any atom is -0.384 e. The van der Waals surface area contributed by atoms with Gasteiger partial charge in [-0.05, 0) is 13.3 Å². The zero-order valence-electron chi connectivity index (χ0n) is 9.51. The minimum absolute atomic E-state index is 0.480. The lowest BCUT2D eigenvalue weighted by molar-refractivity contribution is 0.683. The van der Waals surface area contributed by atoms with Crippen LogP contribution in [-0.2, 0) is 6.54 Å².